The maximum Gasteiger partial charge on any atom is 0.134 e. The van der Waals surface area contributed by atoms with E-state index in [9.17, 15) is 9.50 Å². The van der Waals surface area contributed by atoms with Crippen LogP contribution in [0.5, 0.6) is 5.75 Å². The van der Waals surface area contributed by atoms with Gasteiger partial charge in [0.2, 0.25) is 0 Å². The van der Waals surface area contributed by atoms with Gasteiger partial charge in [-0.3, -0.25) is 4.90 Å². The van der Waals surface area contributed by atoms with Gasteiger partial charge in [-0.05, 0) is 55.4 Å². The quantitative estimate of drug-likeness (QED) is 0.904. The second-order valence-electron chi connectivity index (χ2n) is 8.39. The molecule has 140 valence electrons. The van der Waals surface area contributed by atoms with Gasteiger partial charge in [-0.15, -0.1) is 0 Å². The molecule has 0 bridgehead atoms. The van der Waals surface area contributed by atoms with Crippen LogP contribution in [-0.2, 0) is 4.74 Å². The molecule has 2 aliphatic rings. The summed E-state index contributed by atoms with van der Waals surface area (Å²) in [5, 5.41) is 11.0. The third-order valence-electron chi connectivity index (χ3n) is 5.54. The fraction of sp³-hybridized carbons (Fsp3) is 0.700. The van der Waals surface area contributed by atoms with Crippen molar-refractivity contribution in [3.8, 4) is 5.75 Å². The Hall–Kier alpha value is -1.17. The van der Waals surface area contributed by atoms with Gasteiger partial charge in [0.05, 0.1) is 13.2 Å². The van der Waals surface area contributed by atoms with E-state index in [1.54, 1.807) is 12.1 Å². The predicted molar refractivity (Wildman–Crippen MR) is 95.3 cm³/mol. The first-order valence-corrected chi connectivity index (χ1v) is 9.28. The zero-order valence-electron chi connectivity index (χ0n) is 15.3. The highest BCUT2D eigenvalue weighted by atomic mass is 19.1. The topological polar surface area (TPSA) is 41.9 Å². The van der Waals surface area contributed by atoms with Gasteiger partial charge in [0, 0.05) is 19.1 Å². The van der Waals surface area contributed by atoms with Crippen LogP contribution in [0.15, 0.2) is 24.3 Å². The first-order valence-electron chi connectivity index (χ1n) is 9.28. The van der Waals surface area contributed by atoms with Crippen LogP contribution in [0.2, 0.25) is 0 Å². The van der Waals surface area contributed by atoms with Crippen molar-refractivity contribution in [2.75, 3.05) is 32.9 Å². The summed E-state index contributed by atoms with van der Waals surface area (Å²) < 4.78 is 24.3. The predicted octanol–water partition coefficient (Wildman–Crippen LogP) is 3.24. The monoisotopic (exact) mass is 351 g/mol. The summed E-state index contributed by atoms with van der Waals surface area (Å²) in [6.45, 7) is 7.13. The van der Waals surface area contributed by atoms with Gasteiger partial charge < -0.3 is 14.6 Å². The molecule has 5 heteroatoms. The molecule has 1 unspecified atom stereocenters. The van der Waals surface area contributed by atoms with Gasteiger partial charge in [0.25, 0.3) is 0 Å². The molecule has 25 heavy (non-hydrogen) atoms. The standard InChI is InChI=1S/C20H30FNO3/c1-19(2)9-7-17(8-10-19)22-11-12-24-14-20(23,13-22)15-25-18-5-3-16(21)4-6-18/h3-6,17,23H,7-15H2,1-2H3. The van der Waals surface area contributed by atoms with E-state index in [-0.39, 0.29) is 19.0 Å². The van der Waals surface area contributed by atoms with Crippen molar-refractivity contribution >= 4 is 0 Å². The van der Waals surface area contributed by atoms with Crippen LogP contribution in [0.1, 0.15) is 39.5 Å². The molecule has 1 aliphatic carbocycles. The number of hydrogen-bond donors (Lipinski definition) is 1. The van der Waals surface area contributed by atoms with E-state index < -0.39 is 5.60 Å². The van der Waals surface area contributed by atoms with Crippen molar-refractivity contribution in [1.82, 2.24) is 4.90 Å². The van der Waals surface area contributed by atoms with E-state index in [0.717, 1.165) is 6.54 Å². The van der Waals surface area contributed by atoms with Crippen molar-refractivity contribution in [1.29, 1.82) is 0 Å². The Kier molecular flexibility index (Phi) is 5.66. The lowest BCUT2D eigenvalue weighted by Gasteiger charge is -2.41. The number of halogens is 1. The van der Waals surface area contributed by atoms with Gasteiger partial charge in [0.15, 0.2) is 0 Å². The summed E-state index contributed by atoms with van der Waals surface area (Å²) in [5.41, 5.74) is -0.612. The Bertz CT molecular complexity index is 553. The van der Waals surface area contributed by atoms with Crippen LogP contribution in [-0.4, -0.2) is 54.6 Å². The maximum absolute atomic E-state index is 13.0. The Morgan fingerprint density at radius 1 is 1.24 bits per heavy atom. The summed E-state index contributed by atoms with van der Waals surface area (Å²) >= 11 is 0. The molecule has 1 aromatic carbocycles. The van der Waals surface area contributed by atoms with E-state index in [0.29, 0.717) is 30.4 Å². The third kappa shape index (κ3) is 5.16. The lowest BCUT2D eigenvalue weighted by molar-refractivity contribution is -0.0691. The van der Waals surface area contributed by atoms with E-state index in [1.165, 1.54) is 37.8 Å². The van der Waals surface area contributed by atoms with Gasteiger partial charge >= 0.3 is 0 Å². The first-order chi connectivity index (χ1) is 11.9. The van der Waals surface area contributed by atoms with Crippen LogP contribution in [0.25, 0.3) is 0 Å². The summed E-state index contributed by atoms with van der Waals surface area (Å²) in [6, 6.07) is 6.39. The van der Waals surface area contributed by atoms with Crippen LogP contribution in [0.4, 0.5) is 4.39 Å². The molecule has 0 aromatic heterocycles. The molecule has 1 heterocycles. The van der Waals surface area contributed by atoms with E-state index in [2.05, 4.69) is 18.7 Å². The van der Waals surface area contributed by atoms with E-state index >= 15 is 0 Å². The highest BCUT2D eigenvalue weighted by Crippen LogP contribution is 2.37. The summed E-state index contributed by atoms with van der Waals surface area (Å²) in [7, 11) is 0. The molecule has 1 saturated carbocycles. The van der Waals surface area contributed by atoms with Crippen LogP contribution in [0.3, 0.4) is 0 Å². The molecule has 0 spiro atoms. The minimum absolute atomic E-state index is 0.146. The lowest BCUT2D eigenvalue weighted by Crippen LogP contribution is -2.52. The van der Waals surface area contributed by atoms with Crippen LogP contribution >= 0.6 is 0 Å². The Labute approximate surface area is 149 Å². The highest BCUT2D eigenvalue weighted by molar-refractivity contribution is 5.22. The van der Waals surface area contributed by atoms with E-state index in [1.807, 2.05) is 0 Å². The molecule has 4 nitrogen and oxygen atoms in total. The lowest BCUT2D eigenvalue weighted by atomic mass is 9.75. The molecular weight excluding hydrogens is 321 g/mol. The molecule has 2 fully saturated rings. The molecule has 0 radical (unpaired) electrons. The number of nitrogens with zero attached hydrogens (tertiary/aromatic N) is 1. The number of β-amino-alcohol motifs (C(OH)–C–C–N with tert-alkyl or cyclic N) is 1. The third-order valence-corrected chi connectivity index (χ3v) is 5.54. The first kappa shape index (κ1) is 18.6. The molecule has 1 N–H and O–H groups in total. The number of rotatable bonds is 4. The van der Waals surface area contributed by atoms with Gasteiger partial charge in [-0.2, -0.15) is 0 Å². The van der Waals surface area contributed by atoms with Crippen LogP contribution in [0, 0.1) is 11.2 Å². The maximum atomic E-state index is 13.0. The van der Waals surface area contributed by atoms with Crippen molar-refractivity contribution < 1.29 is 19.0 Å². The van der Waals surface area contributed by atoms with E-state index in [4.69, 9.17) is 9.47 Å². The molecule has 1 atom stereocenters. The second kappa shape index (κ2) is 7.60. The Morgan fingerprint density at radius 3 is 2.60 bits per heavy atom. The molecule has 1 aliphatic heterocycles. The van der Waals surface area contributed by atoms with Gasteiger partial charge in [0.1, 0.15) is 23.8 Å². The van der Waals surface area contributed by atoms with Crippen molar-refractivity contribution in [2.45, 2.75) is 51.2 Å². The average molecular weight is 351 g/mol. The number of benzene rings is 1. The fourth-order valence-corrected chi connectivity index (χ4v) is 3.84. The summed E-state index contributed by atoms with van der Waals surface area (Å²) in [5.74, 6) is 0.264. The molecule has 3 rings (SSSR count). The molecule has 1 aromatic rings. The molecule has 0 amide bonds. The minimum Gasteiger partial charge on any atom is -0.490 e. The van der Waals surface area contributed by atoms with Gasteiger partial charge in [-0.25, -0.2) is 4.39 Å². The zero-order chi connectivity index (χ0) is 17.9. The SMILES string of the molecule is CC1(C)CCC(N2CCOCC(O)(COc3ccc(F)cc3)C2)CC1. The highest BCUT2D eigenvalue weighted by Gasteiger charge is 2.38. The Balaban J connectivity index is 1.59. The molecular formula is C20H30FNO3. The average Bonchev–Trinajstić information content (AvgIpc) is 2.77. The second-order valence-corrected chi connectivity index (χ2v) is 8.39. The zero-order valence-corrected chi connectivity index (χ0v) is 15.3. The Morgan fingerprint density at radius 2 is 1.92 bits per heavy atom. The summed E-state index contributed by atoms with van der Waals surface area (Å²) in [6.07, 6.45) is 4.78. The van der Waals surface area contributed by atoms with Crippen molar-refractivity contribution in [2.24, 2.45) is 5.41 Å². The number of ether oxygens (including phenoxy) is 2. The minimum atomic E-state index is -1.04. The smallest absolute Gasteiger partial charge is 0.134 e. The van der Waals surface area contributed by atoms with Crippen molar-refractivity contribution in [3.05, 3.63) is 30.1 Å². The summed E-state index contributed by atoms with van der Waals surface area (Å²) in [4.78, 5) is 2.37. The normalized spacial score (nSPS) is 28.5. The van der Waals surface area contributed by atoms with Crippen LogP contribution < -0.4 is 4.74 Å². The fourth-order valence-electron chi connectivity index (χ4n) is 3.84. The number of aliphatic hydroxyl groups is 1. The largest absolute Gasteiger partial charge is 0.490 e. The number of hydrogen-bond acceptors (Lipinski definition) is 4. The molecule has 1 saturated heterocycles. The van der Waals surface area contributed by atoms with Crippen molar-refractivity contribution in [3.63, 3.8) is 0 Å². The van der Waals surface area contributed by atoms with Gasteiger partial charge in [-0.1, -0.05) is 13.8 Å².